The normalized spacial score (nSPS) is 16.3. The lowest BCUT2D eigenvalue weighted by molar-refractivity contribution is -0.140. The number of methoxy groups -OCH3 is 1. The van der Waals surface area contributed by atoms with Crippen molar-refractivity contribution in [2.75, 3.05) is 20.3 Å². The van der Waals surface area contributed by atoms with Crippen LogP contribution in [0.5, 0.6) is 23.0 Å². The van der Waals surface area contributed by atoms with Gasteiger partial charge in [0.2, 0.25) is 0 Å². The van der Waals surface area contributed by atoms with Gasteiger partial charge in [0.25, 0.3) is 11.7 Å². The van der Waals surface area contributed by atoms with Gasteiger partial charge >= 0.3 is 0 Å². The van der Waals surface area contributed by atoms with Gasteiger partial charge in [-0.15, -0.1) is 0 Å². The molecule has 0 bridgehead atoms. The zero-order chi connectivity index (χ0) is 28.6. The molecule has 3 aromatic rings. The van der Waals surface area contributed by atoms with Gasteiger partial charge in [-0.05, 0) is 73.0 Å². The number of benzene rings is 3. The van der Waals surface area contributed by atoms with Gasteiger partial charge in [0.1, 0.15) is 17.3 Å². The topological polar surface area (TPSA) is 106 Å². The minimum atomic E-state index is -0.910. The van der Waals surface area contributed by atoms with E-state index < -0.39 is 17.7 Å². The van der Waals surface area contributed by atoms with E-state index in [-0.39, 0.29) is 29.4 Å². The lowest BCUT2D eigenvalue weighted by Crippen LogP contribution is -2.29. The van der Waals surface area contributed by atoms with Crippen LogP contribution in [-0.4, -0.2) is 47.1 Å². The highest BCUT2D eigenvalue weighted by molar-refractivity contribution is 6.46. The number of phenols is 1. The monoisotopic (exact) mass is 545 g/mol. The number of ketones is 1. The van der Waals surface area contributed by atoms with Crippen LogP contribution in [0.4, 0.5) is 0 Å². The summed E-state index contributed by atoms with van der Waals surface area (Å²) in [6, 6.07) is 17.8. The summed E-state index contributed by atoms with van der Waals surface area (Å²) >= 11 is 0. The molecule has 1 heterocycles. The fraction of sp³-hybridized carbons (Fsp3) is 0.312. The highest BCUT2D eigenvalue weighted by atomic mass is 16.5. The number of carbonyl (C=O) groups excluding carboxylic acids is 2. The summed E-state index contributed by atoms with van der Waals surface area (Å²) in [6.07, 6.45) is 3.13. The number of hydrogen-bond donors (Lipinski definition) is 2. The third-order valence-corrected chi connectivity index (χ3v) is 6.80. The predicted molar refractivity (Wildman–Crippen MR) is 152 cm³/mol. The van der Waals surface area contributed by atoms with E-state index in [1.165, 1.54) is 11.0 Å². The number of unbranched alkanes of at least 4 members (excludes halogenated alkanes) is 2. The summed E-state index contributed by atoms with van der Waals surface area (Å²) in [7, 11) is 1.57. The van der Waals surface area contributed by atoms with Crippen molar-refractivity contribution in [1.29, 1.82) is 0 Å². The lowest BCUT2D eigenvalue weighted by Gasteiger charge is -2.26. The highest BCUT2D eigenvalue weighted by Crippen LogP contribution is 2.42. The number of aliphatic hydroxyl groups is 1. The molecule has 210 valence electrons. The van der Waals surface area contributed by atoms with Crippen molar-refractivity contribution in [2.24, 2.45) is 0 Å². The Hall–Kier alpha value is -4.46. The molecule has 1 fully saturated rings. The summed E-state index contributed by atoms with van der Waals surface area (Å²) in [6.45, 7) is 4.94. The number of nitrogens with zero attached hydrogens (tertiary/aromatic N) is 1. The number of ether oxygens (including phenoxy) is 3. The van der Waals surface area contributed by atoms with Crippen LogP contribution >= 0.6 is 0 Å². The molecule has 40 heavy (non-hydrogen) atoms. The van der Waals surface area contributed by atoms with Gasteiger partial charge in [0.05, 0.1) is 31.9 Å². The second kappa shape index (κ2) is 13.1. The first-order valence-electron chi connectivity index (χ1n) is 13.5. The van der Waals surface area contributed by atoms with Crippen molar-refractivity contribution in [3.63, 3.8) is 0 Å². The molecule has 8 heteroatoms. The fourth-order valence-electron chi connectivity index (χ4n) is 4.70. The van der Waals surface area contributed by atoms with Gasteiger partial charge in [-0.2, -0.15) is 0 Å². The van der Waals surface area contributed by atoms with Gasteiger partial charge < -0.3 is 29.3 Å². The zero-order valence-corrected chi connectivity index (χ0v) is 23.1. The minimum absolute atomic E-state index is 0.0386. The average molecular weight is 546 g/mol. The number of rotatable bonds is 12. The molecule has 1 atom stereocenters. The Kier molecular flexibility index (Phi) is 9.32. The Labute approximate surface area is 234 Å². The SMILES string of the molecule is CCCCCOc1ccc(/C(O)=C2/C(=O)C(=O)N(Cc3ccc(OC)cc3)C2c2ccc(O)c(OCC)c2)cc1. The molecule has 0 aliphatic carbocycles. The number of aliphatic hydroxyl groups excluding tert-OH is 1. The Bertz CT molecular complexity index is 1360. The molecule has 1 unspecified atom stereocenters. The molecule has 1 aliphatic heterocycles. The van der Waals surface area contributed by atoms with Gasteiger partial charge in [-0.3, -0.25) is 9.59 Å². The van der Waals surface area contributed by atoms with Gasteiger partial charge in [0.15, 0.2) is 11.5 Å². The standard InChI is InChI=1S/C32H35NO7/c1-4-6-7-18-40-25-15-10-22(11-16-25)30(35)28-29(23-12-17-26(34)27(19-23)39-5-2)33(32(37)31(28)36)20-21-8-13-24(38-3)14-9-21/h8-17,19,29,34-35H,4-7,18,20H2,1-3H3/b30-28-. The number of likely N-dealkylation sites (tertiary alicyclic amines) is 1. The Morgan fingerprint density at radius 3 is 2.25 bits per heavy atom. The first-order valence-corrected chi connectivity index (χ1v) is 13.5. The van der Waals surface area contributed by atoms with Crippen LogP contribution in [0.1, 0.15) is 55.8 Å². The van der Waals surface area contributed by atoms with Crippen LogP contribution in [0.15, 0.2) is 72.3 Å². The van der Waals surface area contributed by atoms with Crippen LogP contribution in [0.25, 0.3) is 5.76 Å². The van der Waals surface area contributed by atoms with E-state index in [2.05, 4.69) is 6.92 Å². The molecule has 1 aliphatic rings. The minimum Gasteiger partial charge on any atom is -0.507 e. The van der Waals surface area contributed by atoms with Gasteiger partial charge in [-0.1, -0.05) is 38.0 Å². The van der Waals surface area contributed by atoms with Crippen molar-refractivity contribution in [3.8, 4) is 23.0 Å². The van der Waals surface area contributed by atoms with E-state index in [1.54, 1.807) is 62.6 Å². The van der Waals surface area contributed by atoms with Crippen LogP contribution in [0.3, 0.4) is 0 Å². The summed E-state index contributed by atoms with van der Waals surface area (Å²) in [5.74, 6) is -0.328. The Balaban J connectivity index is 1.74. The van der Waals surface area contributed by atoms with Crippen molar-refractivity contribution in [2.45, 2.75) is 45.7 Å². The smallest absolute Gasteiger partial charge is 0.295 e. The maximum atomic E-state index is 13.4. The maximum Gasteiger partial charge on any atom is 0.295 e. The summed E-state index contributed by atoms with van der Waals surface area (Å²) < 4.78 is 16.6. The van der Waals surface area contributed by atoms with Crippen LogP contribution in [0.2, 0.25) is 0 Å². The van der Waals surface area contributed by atoms with Gasteiger partial charge in [0, 0.05) is 12.1 Å². The first kappa shape index (κ1) is 28.5. The fourth-order valence-corrected chi connectivity index (χ4v) is 4.70. The molecule has 2 N–H and O–H groups in total. The molecule has 1 saturated heterocycles. The summed E-state index contributed by atoms with van der Waals surface area (Å²) in [4.78, 5) is 28.2. The third-order valence-electron chi connectivity index (χ3n) is 6.80. The maximum absolute atomic E-state index is 13.4. The van der Waals surface area contributed by atoms with E-state index in [0.29, 0.717) is 35.8 Å². The Morgan fingerprint density at radius 1 is 0.900 bits per heavy atom. The Morgan fingerprint density at radius 2 is 1.60 bits per heavy atom. The second-order valence-electron chi connectivity index (χ2n) is 9.52. The largest absolute Gasteiger partial charge is 0.507 e. The third kappa shape index (κ3) is 6.22. The van der Waals surface area contributed by atoms with Gasteiger partial charge in [-0.25, -0.2) is 0 Å². The van der Waals surface area contributed by atoms with E-state index in [4.69, 9.17) is 14.2 Å². The van der Waals surface area contributed by atoms with Crippen LogP contribution < -0.4 is 14.2 Å². The molecule has 3 aromatic carbocycles. The predicted octanol–water partition coefficient (Wildman–Crippen LogP) is 5.99. The van der Waals surface area contributed by atoms with Crippen molar-refractivity contribution >= 4 is 17.4 Å². The van der Waals surface area contributed by atoms with Crippen molar-refractivity contribution in [1.82, 2.24) is 4.90 Å². The summed E-state index contributed by atoms with van der Waals surface area (Å²) in [5.41, 5.74) is 1.65. The number of aromatic hydroxyl groups is 1. The molecule has 0 aromatic heterocycles. The number of phenolic OH excluding ortho intramolecular Hbond substituents is 1. The quantitative estimate of drug-likeness (QED) is 0.125. The average Bonchev–Trinajstić information content (AvgIpc) is 3.22. The molecule has 4 rings (SSSR count). The molecular weight excluding hydrogens is 510 g/mol. The summed E-state index contributed by atoms with van der Waals surface area (Å²) in [5, 5.41) is 21.7. The van der Waals surface area contributed by atoms with Crippen LogP contribution in [-0.2, 0) is 16.1 Å². The number of carbonyl (C=O) groups is 2. The molecule has 1 amide bonds. The number of amides is 1. The number of Topliss-reactive ketones (excluding diaryl/α,β-unsaturated/α-hetero) is 1. The van der Waals surface area contributed by atoms with E-state index in [0.717, 1.165) is 24.8 Å². The van der Waals surface area contributed by atoms with E-state index in [9.17, 15) is 19.8 Å². The van der Waals surface area contributed by atoms with E-state index >= 15 is 0 Å². The molecule has 8 nitrogen and oxygen atoms in total. The van der Waals surface area contributed by atoms with Crippen molar-refractivity contribution in [3.05, 3.63) is 89.0 Å². The molecular formula is C32H35NO7. The second-order valence-corrected chi connectivity index (χ2v) is 9.52. The number of hydrogen-bond acceptors (Lipinski definition) is 7. The lowest BCUT2D eigenvalue weighted by atomic mass is 9.94. The zero-order valence-electron chi connectivity index (χ0n) is 23.1. The molecule has 0 saturated carbocycles. The highest BCUT2D eigenvalue weighted by Gasteiger charge is 2.46. The molecule has 0 radical (unpaired) electrons. The first-order chi connectivity index (χ1) is 19.4. The van der Waals surface area contributed by atoms with Crippen LogP contribution in [0, 0.1) is 0 Å². The molecule has 0 spiro atoms. The van der Waals surface area contributed by atoms with Crippen molar-refractivity contribution < 1.29 is 34.0 Å². The van der Waals surface area contributed by atoms with E-state index in [1.807, 2.05) is 12.1 Å².